The number of amidine groups is 1. The molecule has 0 heterocycles. The molecule has 5 heteroatoms. The van der Waals surface area contributed by atoms with Crippen LogP contribution in [0.15, 0.2) is 47.5 Å². The molecule has 0 amide bonds. The molecule has 0 saturated heterocycles. The highest BCUT2D eigenvalue weighted by Gasteiger charge is 2.03. The minimum Gasteiger partial charge on any atom is -0.386 e. The lowest BCUT2D eigenvalue weighted by Gasteiger charge is -2.03. The Morgan fingerprint density at radius 2 is 1.58 bits per heavy atom. The number of alkyl halides is 1. The summed E-state index contributed by atoms with van der Waals surface area (Å²) < 4.78 is 26.2. The molecule has 0 aromatic heterocycles. The third kappa shape index (κ3) is 3.51. The van der Waals surface area contributed by atoms with E-state index >= 15 is 0 Å². The maximum absolute atomic E-state index is 13.1. The van der Waals surface area contributed by atoms with Gasteiger partial charge in [0.2, 0.25) is 0 Å². The SMILES string of the molecule is NC(CCl)=Nc1ccc(-c2cc(F)cc(F)c2)cc1. The molecule has 2 nitrogen and oxygen atoms in total. The van der Waals surface area contributed by atoms with Gasteiger partial charge in [0.1, 0.15) is 17.5 Å². The first-order chi connectivity index (χ1) is 9.08. The predicted octanol–water partition coefficient (Wildman–Crippen LogP) is 3.86. The normalized spacial score (nSPS) is 11.6. The summed E-state index contributed by atoms with van der Waals surface area (Å²) >= 11 is 5.52. The van der Waals surface area contributed by atoms with E-state index in [9.17, 15) is 8.78 Å². The number of aliphatic imine (C=N–C) groups is 1. The predicted molar refractivity (Wildman–Crippen MR) is 73.8 cm³/mol. The smallest absolute Gasteiger partial charge is 0.126 e. The molecule has 2 aromatic carbocycles. The molecule has 0 aliphatic rings. The Morgan fingerprint density at radius 3 is 2.11 bits per heavy atom. The van der Waals surface area contributed by atoms with E-state index in [4.69, 9.17) is 17.3 Å². The van der Waals surface area contributed by atoms with Gasteiger partial charge in [-0.15, -0.1) is 11.6 Å². The van der Waals surface area contributed by atoms with Crippen LogP contribution in [0.3, 0.4) is 0 Å². The van der Waals surface area contributed by atoms with Crippen molar-refractivity contribution >= 4 is 23.1 Å². The average Bonchev–Trinajstić information content (AvgIpc) is 2.38. The van der Waals surface area contributed by atoms with Crippen molar-refractivity contribution < 1.29 is 8.78 Å². The molecule has 0 atom stereocenters. The van der Waals surface area contributed by atoms with Gasteiger partial charge >= 0.3 is 0 Å². The summed E-state index contributed by atoms with van der Waals surface area (Å²) in [6.45, 7) is 0. The molecule has 0 unspecified atom stereocenters. The van der Waals surface area contributed by atoms with Gasteiger partial charge in [-0.05, 0) is 35.4 Å². The molecule has 0 radical (unpaired) electrons. The van der Waals surface area contributed by atoms with Crippen molar-refractivity contribution in [2.75, 3.05) is 5.88 Å². The second kappa shape index (κ2) is 5.80. The van der Waals surface area contributed by atoms with Crippen molar-refractivity contribution in [2.24, 2.45) is 10.7 Å². The number of halogens is 3. The van der Waals surface area contributed by atoms with Gasteiger partial charge in [-0.3, -0.25) is 0 Å². The van der Waals surface area contributed by atoms with Crippen LogP contribution in [-0.4, -0.2) is 11.7 Å². The van der Waals surface area contributed by atoms with Crippen LogP contribution in [-0.2, 0) is 0 Å². The fraction of sp³-hybridized carbons (Fsp3) is 0.0714. The number of hydrogen-bond donors (Lipinski definition) is 1. The van der Waals surface area contributed by atoms with Gasteiger partial charge in [0.25, 0.3) is 0 Å². The molecule has 0 aliphatic heterocycles. The van der Waals surface area contributed by atoms with E-state index < -0.39 is 11.6 Å². The fourth-order valence-electron chi connectivity index (χ4n) is 1.64. The van der Waals surface area contributed by atoms with Crippen LogP contribution in [0.1, 0.15) is 0 Å². The fourth-order valence-corrected chi connectivity index (χ4v) is 1.70. The second-order valence-electron chi connectivity index (χ2n) is 3.94. The largest absolute Gasteiger partial charge is 0.386 e. The molecule has 2 aromatic rings. The Kier molecular flexibility index (Phi) is 4.12. The van der Waals surface area contributed by atoms with Crippen LogP contribution in [0.5, 0.6) is 0 Å². The first-order valence-corrected chi connectivity index (χ1v) is 6.07. The molecular formula is C14H11ClF2N2. The van der Waals surface area contributed by atoms with Crippen molar-refractivity contribution in [3.63, 3.8) is 0 Å². The van der Waals surface area contributed by atoms with E-state index in [-0.39, 0.29) is 5.88 Å². The Hall–Kier alpha value is -1.94. The van der Waals surface area contributed by atoms with Gasteiger partial charge in [0, 0.05) is 6.07 Å². The minimum atomic E-state index is -0.608. The number of nitrogens with two attached hydrogens (primary N) is 1. The molecule has 0 spiro atoms. The van der Waals surface area contributed by atoms with Gasteiger partial charge in [-0.25, -0.2) is 13.8 Å². The van der Waals surface area contributed by atoms with E-state index in [1.807, 2.05) is 0 Å². The van der Waals surface area contributed by atoms with Gasteiger partial charge in [0.05, 0.1) is 11.6 Å². The Morgan fingerprint density at radius 1 is 1.00 bits per heavy atom. The molecule has 19 heavy (non-hydrogen) atoms. The summed E-state index contributed by atoms with van der Waals surface area (Å²) in [5, 5.41) is 0. The Balaban J connectivity index is 2.32. The van der Waals surface area contributed by atoms with E-state index in [1.165, 1.54) is 12.1 Å². The van der Waals surface area contributed by atoms with Crippen LogP contribution in [0, 0.1) is 11.6 Å². The summed E-state index contributed by atoms with van der Waals surface area (Å²) in [6, 6.07) is 10.2. The first kappa shape index (κ1) is 13.5. The molecule has 0 saturated carbocycles. The van der Waals surface area contributed by atoms with Gasteiger partial charge in [-0.2, -0.15) is 0 Å². The lowest BCUT2D eigenvalue weighted by molar-refractivity contribution is 0.584. The van der Waals surface area contributed by atoms with Crippen molar-refractivity contribution in [2.45, 2.75) is 0 Å². The zero-order valence-corrected chi connectivity index (χ0v) is 10.7. The summed E-state index contributed by atoms with van der Waals surface area (Å²) in [7, 11) is 0. The first-order valence-electron chi connectivity index (χ1n) is 5.54. The number of benzene rings is 2. The quantitative estimate of drug-likeness (QED) is 0.517. The van der Waals surface area contributed by atoms with Crippen LogP contribution in [0.4, 0.5) is 14.5 Å². The zero-order chi connectivity index (χ0) is 13.8. The topological polar surface area (TPSA) is 38.4 Å². The number of hydrogen-bond acceptors (Lipinski definition) is 1. The third-order valence-electron chi connectivity index (χ3n) is 2.47. The third-order valence-corrected chi connectivity index (χ3v) is 2.75. The summed E-state index contributed by atoms with van der Waals surface area (Å²) in [4.78, 5) is 4.06. The van der Waals surface area contributed by atoms with Crippen LogP contribution >= 0.6 is 11.6 Å². The lowest BCUT2D eigenvalue weighted by Crippen LogP contribution is -2.12. The monoisotopic (exact) mass is 280 g/mol. The number of nitrogens with zero attached hydrogens (tertiary/aromatic N) is 1. The highest BCUT2D eigenvalue weighted by atomic mass is 35.5. The average molecular weight is 281 g/mol. The van der Waals surface area contributed by atoms with Gasteiger partial charge in [0.15, 0.2) is 0 Å². The molecule has 2 N–H and O–H groups in total. The molecular weight excluding hydrogens is 270 g/mol. The highest BCUT2D eigenvalue weighted by molar-refractivity contribution is 6.28. The summed E-state index contributed by atoms with van der Waals surface area (Å²) in [6.07, 6.45) is 0. The second-order valence-corrected chi connectivity index (χ2v) is 4.21. The maximum atomic E-state index is 13.1. The van der Waals surface area contributed by atoms with Crippen molar-refractivity contribution in [3.05, 3.63) is 54.1 Å². The summed E-state index contributed by atoms with van der Waals surface area (Å²) in [5.74, 6) is -0.755. The summed E-state index contributed by atoms with van der Waals surface area (Å²) in [5.41, 5.74) is 7.32. The van der Waals surface area contributed by atoms with Gasteiger partial charge < -0.3 is 5.73 Å². The van der Waals surface area contributed by atoms with Crippen molar-refractivity contribution in [3.8, 4) is 11.1 Å². The minimum absolute atomic E-state index is 0.150. The van der Waals surface area contributed by atoms with Crippen LogP contribution in [0.25, 0.3) is 11.1 Å². The van der Waals surface area contributed by atoms with E-state index in [1.54, 1.807) is 24.3 Å². The molecule has 0 fully saturated rings. The van der Waals surface area contributed by atoms with Crippen LogP contribution < -0.4 is 5.73 Å². The van der Waals surface area contributed by atoms with E-state index in [2.05, 4.69) is 4.99 Å². The van der Waals surface area contributed by atoms with E-state index in [0.717, 1.165) is 6.07 Å². The lowest BCUT2D eigenvalue weighted by atomic mass is 10.1. The van der Waals surface area contributed by atoms with Crippen LogP contribution in [0.2, 0.25) is 0 Å². The highest BCUT2D eigenvalue weighted by Crippen LogP contribution is 2.24. The standard InChI is InChI=1S/C14H11ClF2N2/c15-8-14(18)19-13-3-1-9(2-4-13)10-5-11(16)7-12(17)6-10/h1-7H,8H2,(H2,18,19). The zero-order valence-electron chi connectivity index (χ0n) is 9.91. The maximum Gasteiger partial charge on any atom is 0.126 e. The molecule has 2 rings (SSSR count). The van der Waals surface area contributed by atoms with Crippen molar-refractivity contribution in [1.82, 2.24) is 0 Å². The van der Waals surface area contributed by atoms with E-state index in [0.29, 0.717) is 22.6 Å². The molecule has 98 valence electrons. The molecule has 0 aliphatic carbocycles. The Bertz CT molecular complexity index is 589. The van der Waals surface area contributed by atoms with Gasteiger partial charge in [-0.1, -0.05) is 12.1 Å². The Labute approximate surface area is 114 Å². The van der Waals surface area contributed by atoms with Crippen molar-refractivity contribution in [1.29, 1.82) is 0 Å². The number of rotatable bonds is 3. The molecule has 0 bridgehead atoms.